The topological polar surface area (TPSA) is 56.1 Å². The minimum atomic E-state index is -0.159. The van der Waals surface area contributed by atoms with E-state index in [0.29, 0.717) is 17.7 Å². The SMILES string of the molecule is N#Cc1cccc(C(=O)NCc2ccc(CN3CCCC3)cc2)c1. The van der Waals surface area contributed by atoms with Crippen molar-refractivity contribution in [1.82, 2.24) is 10.2 Å². The third-order valence-corrected chi connectivity index (χ3v) is 4.33. The van der Waals surface area contributed by atoms with E-state index in [0.717, 1.165) is 12.1 Å². The van der Waals surface area contributed by atoms with Gasteiger partial charge in [-0.1, -0.05) is 30.3 Å². The Morgan fingerprint density at radius 3 is 2.50 bits per heavy atom. The minimum absolute atomic E-state index is 0.159. The van der Waals surface area contributed by atoms with Gasteiger partial charge in [0.25, 0.3) is 5.91 Å². The number of nitriles is 1. The second-order valence-electron chi connectivity index (χ2n) is 6.18. The molecule has 4 nitrogen and oxygen atoms in total. The number of amides is 1. The number of carbonyl (C=O) groups excluding carboxylic acids is 1. The van der Waals surface area contributed by atoms with Crippen LogP contribution in [0, 0.1) is 11.3 Å². The number of hydrogen-bond acceptors (Lipinski definition) is 3. The van der Waals surface area contributed by atoms with Crippen molar-refractivity contribution in [1.29, 1.82) is 5.26 Å². The van der Waals surface area contributed by atoms with E-state index in [9.17, 15) is 4.79 Å². The van der Waals surface area contributed by atoms with Crippen LogP contribution in [0.5, 0.6) is 0 Å². The number of likely N-dealkylation sites (tertiary alicyclic amines) is 1. The van der Waals surface area contributed by atoms with Crippen molar-refractivity contribution < 1.29 is 4.79 Å². The van der Waals surface area contributed by atoms with Crippen molar-refractivity contribution in [3.8, 4) is 6.07 Å². The molecule has 1 amide bonds. The van der Waals surface area contributed by atoms with E-state index < -0.39 is 0 Å². The lowest BCUT2D eigenvalue weighted by Gasteiger charge is -2.14. The maximum atomic E-state index is 12.2. The molecule has 1 aliphatic heterocycles. The Kier molecular flexibility index (Phi) is 5.25. The molecule has 1 N–H and O–H groups in total. The van der Waals surface area contributed by atoms with E-state index in [2.05, 4.69) is 34.5 Å². The van der Waals surface area contributed by atoms with Crippen molar-refractivity contribution in [2.75, 3.05) is 13.1 Å². The van der Waals surface area contributed by atoms with Crippen LogP contribution in [0.4, 0.5) is 0 Å². The highest BCUT2D eigenvalue weighted by atomic mass is 16.1. The van der Waals surface area contributed by atoms with Crippen molar-refractivity contribution in [2.45, 2.75) is 25.9 Å². The molecule has 2 aromatic carbocycles. The number of nitrogens with one attached hydrogen (secondary N) is 1. The summed E-state index contributed by atoms with van der Waals surface area (Å²) in [6, 6.07) is 17.2. The monoisotopic (exact) mass is 319 g/mol. The largest absolute Gasteiger partial charge is 0.348 e. The van der Waals surface area contributed by atoms with Crippen molar-refractivity contribution >= 4 is 5.91 Å². The average molecular weight is 319 g/mol. The van der Waals surface area contributed by atoms with Crippen molar-refractivity contribution in [2.24, 2.45) is 0 Å². The molecule has 4 heteroatoms. The summed E-state index contributed by atoms with van der Waals surface area (Å²) in [5, 5.41) is 11.8. The molecule has 0 bridgehead atoms. The van der Waals surface area contributed by atoms with Gasteiger partial charge in [-0.15, -0.1) is 0 Å². The molecule has 0 unspecified atom stereocenters. The van der Waals surface area contributed by atoms with Crippen LogP contribution in [0.15, 0.2) is 48.5 Å². The number of nitrogens with zero attached hydrogens (tertiary/aromatic N) is 2. The van der Waals surface area contributed by atoms with Gasteiger partial charge in [0.1, 0.15) is 0 Å². The predicted octanol–water partition coefficient (Wildman–Crippen LogP) is 3.08. The lowest BCUT2D eigenvalue weighted by molar-refractivity contribution is 0.0951. The average Bonchev–Trinajstić information content (AvgIpc) is 3.14. The molecule has 1 fully saturated rings. The molecule has 0 atom stereocenters. The summed E-state index contributed by atoms with van der Waals surface area (Å²) in [6.45, 7) is 3.88. The second-order valence-corrected chi connectivity index (χ2v) is 6.18. The standard InChI is InChI=1S/C20H21N3O/c21-13-18-4-3-5-19(12-18)20(24)22-14-16-6-8-17(9-7-16)15-23-10-1-2-11-23/h3-9,12H,1-2,10-11,14-15H2,(H,22,24). The summed E-state index contributed by atoms with van der Waals surface area (Å²) in [6.07, 6.45) is 2.61. The van der Waals surface area contributed by atoms with E-state index in [1.54, 1.807) is 24.3 Å². The Hall–Kier alpha value is -2.64. The maximum Gasteiger partial charge on any atom is 0.251 e. The van der Waals surface area contributed by atoms with E-state index >= 15 is 0 Å². The van der Waals surface area contributed by atoms with Crippen LogP contribution < -0.4 is 5.32 Å². The van der Waals surface area contributed by atoms with Crippen LogP contribution in [0.25, 0.3) is 0 Å². The first-order valence-electron chi connectivity index (χ1n) is 8.33. The Morgan fingerprint density at radius 1 is 1.08 bits per heavy atom. The third-order valence-electron chi connectivity index (χ3n) is 4.33. The lowest BCUT2D eigenvalue weighted by atomic mass is 10.1. The first-order chi connectivity index (χ1) is 11.7. The van der Waals surface area contributed by atoms with Gasteiger partial charge < -0.3 is 5.32 Å². The molecule has 0 aromatic heterocycles. The molecule has 1 aliphatic rings. The van der Waals surface area contributed by atoms with Gasteiger partial charge in [-0.05, 0) is 55.3 Å². The quantitative estimate of drug-likeness (QED) is 0.921. The molecule has 0 saturated carbocycles. The van der Waals surface area contributed by atoms with Gasteiger partial charge in [0, 0.05) is 18.7 Å². The molecule has 2 aromatic rings. The van der Waals surface area contributed by atoms with Gasteiger partial charge in [-0.25, -0.2) is 0 Å². The minimum Gasteiger partial charge on any atom is -0.348 e. The zero-order chi connectivity index (χ0) is 16.8. The van der Waals surface area contributed by atoms with Crippen LogP contribution in [0.3, 0.4) is 0 Å². The van der Waals surface area contributed by atoms with Crippen LogP contribution >= 0.6 is 0 Å². The Balaban J connectivity index is 1.54. The highest BCUT2D eigenvalue weighted by Crippen LogP contribution is 2.13. The highest BCUT2D eigenvalue weighted by Gasteiger charge is 2.11. The fraction of sp³-hybridized carbons (Fsp3) is 0.300. The van der Waals surface area contributed by atoms with Gasteiger partial charge in [0.2, 0.25) is 0 Å². The first-order valence-corrected chi connectivity index (χ1v) is 8.33. The molecule has 0 radical (unpaired) electrons. The van der Waals surface area contributed by atoms with Crippen molar-refractivity contribution in [3.05, 3.63) is 70.8 Å². The molecule has 24 heavy (non-hydrogen) atoms. The van der Waals surface area contributed by atoms with Crippen molar-refractivity contribution in [3.63, 3.8) is 0 Å². The fourth-order valence-corrected chi connectivity index (χ4v) is 2.98. The number of benzene rings is 2. The Bertz CT molecular complexity index is 740. The highest BCUT2D eigenvalue weighted by molar-refractivity contribution is 5.94. The molecular formula is C20H21N3O. The predicted molar refractivity (Wildman–Crippen MR) is 93.3 cm³/mol. The van der Waals surface area contributed by atoms with Crippen LogP contribution in [0.2, 0.25) is 0 Å². The van der Waals surface area contributed by atoms with E-state index in [1.807, 2.05) is 6.07 Å². The van der Waals surface area contributed by atoms with Gasteiger partial charge in [-0.3, -0.25) is 9.69 Å². The normalized spacial score (nSPS) is 14.3. The summed E-state index contributed by atoms with van der Waals surface area (Å²) in [5.74, 6) is -0.159. The molecular weight excluding hydrogens is 298 g/mol. The Labute approximate surface area is 142 Å². The summed E-state index contributed by atoms with van der Waals surface area (Å²) < 4.78 is 0. The molecule has 0 aliphatic carbocycles. The van der Waals surface area contributed by atoms with Crippen LogP contribution in [-0.2, 0) is 13.1 Å². The lowest BCUT2D eigenvalue weighted by Crippen LogP contribution is -2.23. The third kappa shape index (κ3) is 4.21. The van der Waals surface area contributed by atoms with Gasteiger partial charge in [0.05, 0.1) is 11.6 Å². The van der Waals surface area contributed by atoms with Gasteiger partial charge in [0.15, 0.2) is 0 Å². The molecule has 0 spiro atoms. The van der Waals surface area contributed by atoms with Gasteiger partial charge >= 0.3 is 0 Å². The van der Waals surface area contributed by atoms with E-state index in [4.69, 9.17) is 5.26 Å². The zero-order valence-corrected chi connectivity index (χ0v) is 13.7. The summed E-state index contributed by atoms with van der Waals surface area (Å²) in [4.78, 5) is 14.6. The molecule has 122 valence electrons. The molecule has 1 saturated heterocycles. The fourth-order valence-electron chi connectivity index (χ4n) is 2.98. The number of carbonyl (C=O) groups is 1. The first kappa shape index (κ1) is 16.2. The van der Waals surface area contributed by atoms with E-state index in [1.165, 1.54) is 31.5 Å². The Morgan fingerprint density at radius 2 is 1.79 bits per heavy atom. The maximum absolute atomic E-state index is 12.2. The van der Waals surface area contributed by atoms with Crippen LogP contribution in [-0.4, -0.2) is 23.9 Å². The number of hydrogen-bond donors (Lipinski definition) is 1. The molecule has 3 rings (SSSR count). The summed E-state index contributed by atoms with van der Waals surface area (Å²) in [7, 11) is 0. The summed E-state index contributed by atoms with van der Waals surface area (Å²) in [5.41, 5.74) is 3.40. The van der Waals surface area contributed by atoms with Gasteiger partial charge in [-0.2, -0.15) is 5.26 Å². The number of rotatable bonds is 5. The smallest absolute Gasteiger partial charge is 0.251 e. The second kappa shape index (κ2) is 7.76. The molecule has 1 heterocycles. The van der Waals surface area contributed by atoms with Crippen LogP contribution in [0.1, 0.15) is 39.9 Å². The zero-order valence-electron chi connectivity index (χ0n) is 13.7. The van der Waals surface area contributed by atoms with E-state index in [-0.39, 0.29) is 5.91 Å². The summed E-state index contributed by atoms with van der Waals surface area (Å²) >= 11 is 0.